The molecule has 0 amide bonds. The lowest BCUT2D eigenvalue weighted by Crippen LogP contribution is -2.36. The van der Waals surface area contributed by atoms with Crippen LogP contribution in [0.1, 0.15) is 17.5 Å². The fourth-order valence-corrected chi connectivity index (χ4v) is 5.29. The second-order valence-electron chi connectivity index (χ2n) is 8.92. The van der Waals surface area contributed by atoms with Gasteiger partial charge in [0.25, 0.3) is 5.56 Å². The summed E-state index contributed by atoms with van der Waals surface area (Å²) in [5.74, 6) is 0.715. The van der Waals surface area contributed by atoms with E-state index >= 15 is 0 Å². The zero-order valence-electron chi connectivity index (χ0n) is 20.9. The van der Waals surface area contributed by atoms with E-state index in [2.05, 4.69) is 14.6 Å². The Hall–Kier alpha value is -3.53. The van der Waals surface area contributed by atoms with E-state index in [1.807, 2.05) is 60.7 Å². The Morgan fingerprint density at radius 2 is 1.73 bits per heavy atom. The minimum atomic E-state index is -3.42. The Morgan fingerprint density at radius 1 is 0.946 bits per heavy atom. The summed E-state index contributed by atoms with van der Waals surface area (Å²) in [4.78, 5) is 18.1. The van der Waals surface area contributed by atoms with Crippen LogP contribution in [0, 0.1) is 0 Å². The van der Waals surface area contributed by atoms with Crippen molar-refractivity contribution in [2.24, 2.45) is 7.05 Å². The molecule has 0 aliphatic heterocycles. The molecule has 1 N–H and O–H groups in total. The predicted molar refractivity (Wildman–Crippen MR) is 146 cm³/mol. The number of nitrogens with one attached hydrogen (secondary N) is 1. The summed E-state index contributed by atoms with van der Waals surface area (Å²) in [6.45, 7) is 2.84. The molecule has 0 saturated carbocycles. The van der Waals surface area contributed by atoms with Crippen molar-refractivity contribution in [3.63, 3.8) is 0 Å². The molecule has 8 nitrogen and oxygen atoms in total. The maximum atomic E-state index is 12.5. The SMILES string of the molecule is Cn1c(=O)ccc2cc(OCCCN(CCNS(=O)(=O)Cc3ccccc3)Cc3ccncc3)ccc21. The summed E-state index contributed by atoms with van der Waals surface area (Å²) in [5, 5.41) is 0.946. The molecular weight excluding hydrogens is 488 g/mol. The summed E-state index contributed by atoms with van der Waals surface area (Å²) in [5.41, 5.74) is 2.69. The fourth-order valence-electron chi connectivity index (χ4n) is 4.15. The first-order chi connectivity index (χ1) is 17.9. The molecule has 2 heterocycles. The van der Waals surface area contributed by atoms with E-state index in [0.717, 1.165) is 40.7 Å². The van der Waals surface area contributed by atoms with Gasteiger partial charge in [0.1, 0.15) is 5.75 Å². The van der Waals surface area contributed by atoms with Crippen molar-refractivity contribution in [2.45, 2.75) is 18.7 Å². The molecule has 0 atom stereocenters. The van der Waals surface area contributed by atoms with E-state index in [9.17, 15) is 13.2 Å². The van der Waals surface area contributed by atoms with Crippen molar-refractivity contribution in [3.8, 4) is 5.75 Å². The number of benzene rings is 2. The first kappa shape index (κ1) is 26.5. The van der Waals surface area contributed by atoms with E-state index in [-0.39, 0.29) is 11.3 Å². The molecule has 0 radical (unpaired) electrons. The predicted octanol–water partition coefficient (Wildman–Crippen LogP) is 3.32. The Labute approximate surface area is 217 Å². The Bertz CT molecular complexity index is 1460. The molecule has 0 spiro atoms. The van der Waals surface area contributed by atoms with Crippen LogP contribution in [0.25, 0.3) is 10.9 Å². The second kappa shape index (κ2) is 12.6. The van der Waals surface area contributed by atoms with Gasteiger partial charge in [-0.2, -0.15) is 0 Å². The van der Waals surface area contributed by atoms with Crippen LogP contribution in [-0.2, 0) is 29.4 Å². The topological polar surface area (TPSA) is 93.5 Å². The van der Waals surface area contributed by atoms with Gasteiger partial charge in [0.15, 0.2) is 0 Å². The number of fused-ring (bicyclic) bond motifs is 1. The summed E-state index contributed by atoms with van der Waals surface area (Å²) in [6.07, 6.45) is 4.29. The lowest BCUT2D eigenvalue weighted by atomic mass is 10.2. The van der Waals surface area contributed by atoms with Crippen LogP contribution in [0.5, 0.6) is 5.75 Å². The van der Waals surface area contributed by atoms with Crippen LogP contribution in [0.3, 0.4) is 0 Å². The van der Waals surface area contributed by atoms with Gasteiger partial charge in [0.2, 0.25) is 10.0 Å². The van der Waals surface area contributed by atoms with E-state index in [1.165, 1.54) is 0 Å². The van der Waals surface area contributed by atoms with Crippen LogP contribution < -0.4 is 15.0 Å². The largest absolute Gasteiger partial charge is 0.494 e. The van der Waals surface area contributed by atoms with Gasteiger partial charge in [-0.05, 0) is 53.9 Å². The molecule has 9 heteroatoms. The minimum Gasteiger partial charge on any atom is -0.494 e. The summed E-state index contributed by atoms with van der Waals surface area (Å²) in [7, 11) is -1.67. The second-order valence-corrected chi connectivity index (χ2v) is 10.7. The number of sulfonamides is 1. The van der Waals surface area contributed by atoms with E-state index < -0.39 is 10.0 Å². The summed E-state index contributed by atoms with van der Waals surface area (Å²) < 4.78 is 35.3. The van der Waals surface area contributed by atoms with Crippen LogP contribution in [-0.4, -0.2) is 49.1 Å². The third-order valence-corrected chi connectivity index (χ3v) is 7.45. The van der Waals surface area contributed by atoms with Crippen molar-refractivity contribution in [3.05, 3.63) is 107 Å². The number of aryl methyl sites for hydroxylation is 1. The van der Waals surface area contributed by atoms with E-state index in [1.54, 1.807) is 36.1 Å². The van der Waals surface area contributed by atoms with Gasteiger partial charge in [-0.3, -0.25) is 14.7 Å². The van der Waals surface area contributed by atoms with Gasteiger partial charge >= 0.3 is 0 Å². The number of hydrogen-bond acceptors (Lipinski definition) is 6. The maximum Gasteiger partial charge on any atom is 0.250 e. The normalized spacial score (nSPS) is 11.7. The first-order valence-electron chi connectivity index (χ1n) is 12.2. The lowest BCUT2D eigenvalue weighted by molar-refractivity contribution is 0.231. The molecule has 0 unspecified atom stereocenters. The number of aromatic nitrogens is 2. The number of rotatable bonds is 13. The van der Waals surface area contributed by atoms with Crippen LogP contribution in [0.2, 0.25) is 0 Å². The summed E-state index contributed by atoms with van der Waals surface area (Å²) in [6, 6.07) is 22.2. The zero-order chi connectivity index (χ0) is 26.1. The molecule has 0 fully saturated rings. The molecule has 194 valence electrons. The highest BCUT2D eigenvalue weighted by atomic mass is 32.2. The Morgan fingerprint density at radius 3 is 2.51 bits per heavy atom. The van der Waals surface area contributed by atoms with Crippen LogP contribution in [0.15, 0.2) is 90.0 Å². The molecule has 0 aliphatic rings. The molecule has 4 aromatic rings. The van der Waals surface area contributed by atoms with Crippen molar-refractivity contribution >= 4 is 20.9 Å². The smallest absolute Gasteiger partial charge is 0.250 e. The van der Waals surface area contributed by atoms with Gasteiger partial charge in [0.05, 0.1) is 17.9 Å². The number of nitrogens with zero attached hydrogens (tertiary/aromatic N) is 3. The zero-order valence-corrected chi connectivity index (χ0v) is 21.7. The van der Waals surface area contributed by atoms with Gasteiger partial charge in [0, 0.05) is 57.1 Å². The Balaban J connectivity index is 1.30. The summed E-state index contributed by atoms with van der Waals surface area (Å²) >= 11 is 0. The highest BCUT2D eigenvalue weighted by Gasteiger charge is 2.13. The third kappa shape index (κ3) is 7.98. The molecule has 0 bridgehead atoms. The maximum absolute atomic E-state index is 12.5. The standard InChI is InChI=1S/C28H32N4O4S/c1-31-27-10-9-26(20-25(27)8-11-28(31)33)36-19-5-17-32(21-23-12-14-29-15-13-23)18-16-30-37(34,35)22-24-6-3-2-4-7-24/h2-4,6-15,20,30H,5,16-19,21-22H2,1H3. The third-order valence-electron chi connectivity index (χ3n) is 6.09. The minimum absolute atomic E-state index is 0.0358. The molecule has 0 aliphatic carbocycles. The Kier molecular flexibility index (Phi) is 9.05. The molecule has 0 saturated heterocycles. The van der Waals surface area contributed by atoms with Crippen molar-refractivity contribution in [2.75, 3.05) is 26.2 Å². The molecular formula is C28H32N4O4S. The number of hydrogen-bond donors (Lipinski definition) is 1. The van der Waals surface area contributed by atoms with Gasteiger partial charge in [-0.1, -0.05) is 30.3 Å². The molecule has 37 heavy (non-hydrogen) atoms. The van der Waals surface area contributed by atoms with Crippen molar-refractivity contribution in [1.82, 2.24) is 19.2 Å². The average Bonchev–Trinajstić information content (AvgIpc) is 2.89. The van der Waals surface area contributed by atoms with Crippen LogP contribution >= 0.6 is 0 Å². The monoisotopic (exact) mass is 520 g/mol. The highest BCUT2D eigenvalue weighted by Crippen LogP contribution is 2.19. The highest BCUT2D eigenvalue weighted by molar-refractivity contribution is 7.88. The van der Waals surface area contributed by atoms with Crippen molar-refractivity contribution in [1.29, 1.82) is 0 Å². The van der Waals surface area contributed by atoms with E-state index in [0.29, 0.717) is 26.2 Å². The fraction of sp³-hybridized carbons (Fsp3) is 0.286. The van der Waals surface area contributed by atoms with Crippen molar-refractivity contribution < 1.29 is 13.2 Å². The molecule has 4 rings (SSSR count). The van der Waals surface area contributed by atoms with Gasteiger partial charge < -0.3 is 9.30 Å². The van der Waals surface area contributed by atoms with Crippen LogP contribution in [0.4, 0.5) is 0 Å². The number of ether oxygens (including phenoxy) is 1. The molecule has 2 aromatic heterocycles. The number of pyridine rings is 2. The quantitative estimate of drug-likeness (QED) is 0.272. The average molecular weight is 521 g/mol. The first-order valence-corrected chi connectivity index (χ1v) is 13.9. The molecule has 2 aromatic carbocycles. The van der Waals surface area contributed by atoms with Gasteiger partial charge in [-0.25, -0.2) is 13.1 Å². The van der Waals surface area contributed by atoms with Gasteiger partial charge in [-0.15, -0.1) is 0 Å². The lowest BCUT2D eigenvalue weighted by Gasteiger charge is -2.22. The van der Waals surface area contributed by atoms with E-state index in [4.69, 9.17) is 4.74 Å².